The van der Waals surface area contributed by atoms with E-state index in [2.05, 4.69) is 6.07 Å². The summed E-state index contributed by atoms with van der Waals surface area (Å²) in [5, 5.41) is 9.08. The second kappa shape index (κ2) is 2.47. The Labute approximate surface area is 73.7 Å². The second-order valence-electron chi connectivity index (χ2n) is 4.42. The maximum Gasteiger partial charge on any atom is 0.109 e. The molecule has 1 spiro atoms. The van der Waals surface area contributed by atoms with Crippen LogP contribution in [0.5, 0.6) is 0 Å². The van der Waals surface area contributed by atoms with Gasteiger partial charge in [-0.05, 0) is 32.1 Å². The highest BCUT2D eigenvalue weighted by Crippen LogP contribution is 2.54. The molecule has 0 amide bonds. The third-order valence-electron chi connectivity index (χ3n) is 3.93. The molecule has 0 aromatic rings. The number of rotatable bonds is 0. The molecular weight excluding hydrogens is 148 g/mol. The first-order chi connectivity index (χ1) is 5.72. The van der Waals surface area contributed by atoms with Gasteiger partial charge in [0.2, 0.25) is 0 Å². The average molecular weight is 164 g/mol. The van der Waals surface area contributed by atoms with Crippen LogP contribution in [0, 0.1) is 16.7 Å². The van der Waals surface area contributed by atoms with Gasteiger partial charge >= 0.3 is 0 Å². The summed E-state index contributed by atoms with van der Waals surface area (Å²) in [7, 11) is 0. The van der Waals surface area contributed by atoms with E-state index in [0.717, 1.165) is 12.8 Å². The van der Waals surface area contributed by atoms with Crippen molar-refractivity contribution in [2.45, 2.75) is 50.5 Å². The van der Waals surface area contributed by atoms with Gasteiger partial charge in [0.25, 0.3) is 0 Å². The minimum atomic E-state index is -0.483. The van der Waals surface area contributed by atoms with Crippen molar-refractivity contribution in [2.75, 3.05) is 0 Å². The van der Waals surface area contributed by atoms with Gasteiger partial charge in [-0.15, -0.1) is 0 Å². The summed E-state index contributed by atoms with van der Waals surface area (Å²) in [6.07, 6.45) is 8.21. The lowest BCUT2D eigenvalue weighted by molar-refractivity contribution is 0.215. The van der Waals surface area contributed by atoms with Gasteiger partial charge in [0, 0.05) is 5.41 Å². The SMILES string of the molecule is N#CC1(N)CCCC12CCCC2. The monoisotopic (exact) mass is 164 g/mol. The summed E-state index contributed by atoms with van der Waals surface area (Å²) in [5.41, 5.74) is 5.86. The molecular formula is C10H16N2. The molecule has 0 heterocycles. The third kappa shape index (κ3) is 0.834. The smallest absolute Gasteiger partial charge is 0.109 e. The standard InChI is InChI=1S/C10H16N2/c11-8-10(12)7-3-6-9(10)4-1-2-5-9/h1-7,12H2. The van der Waals surface area contributed by atoms with Gasteiger partial charge in [-0.3, -0.25) is 0 Å². The van der Waals surface area contributed by atoms with Crippen molar-refractivity contribution in [3.8, 4) is 6.07 Å². The number of hydrogen-bond acceptors (Lipinski definition) is 2. The Kier molecular flexibility index (Phi) is 1.66. The maximum absolute atomic E-state index is 9.08. The van der Waals surface area contributed by atoms with Crippen LogP contribution in [-0.4, -0.2) is 5.54 Å². The highest BCUT2D eigenvalue weighted by Gasteiger charge is 2.53. The number of nitriles is 1. The zero-order valence-corrected chi connectivity index (χ0v) is 7.47. The van der Waals surface area contributed by atoms with E-state index in [1.54, 1.807) is 0 Å². The van der Waals surface area contributed by atoms with Crippen molar-refractivity contribution < 1.29 is 0 Å². The van der Waals surface area contributed by atoms with Crippen molar-refractivity contribution in [3.63, 3.8) is 0 Å². The molecule has 1 unspecified atom stereocenters. The molecule has 2 fully saturated rings. The van der Waals surface area contributed by atoms with Crippen LogP contribution >= 0.6 is 0 Å². The largest absolute Gasteiger partial charge is 0.313 e. The lowest BCUT2D eigenvalue weighted by Crippen LogP contribution is -2.49. The van der Waals surface area contributed by atoms with E-state index in [-0.39, 0.29) is 5.41 Å². The maximum atomic E-state index is 9.08. The minimum absolute atomic E-state index is 0.210. The molecule has 0 aromatic carbocycles. The Bertz CT molecular complexity index is 217. The molecule has 2 nitrogen and oxygen atoms in total. The summed E-state index contributed by atoms with van der Waals surface area (Å²) in [6.45, 7) is 0. The number of nitrogens with two attached hydrogens (primary N) is 1. The van der Waals surface area contributed by atoms with E-state index in [1.807, 2.05) is 0 Å². The van der Waals surface area contributed by atoms with Crippen LogP contribution < -0.4 is 5.73 Å². The number of nitrogens with zero attached hydrogens (tertiary/aromatic N) is 1. The van der Waals surface area contributed by atoms with Gasteiger partial charge in [-0.25, -0.2) is 0 Å². The van der Waals surface area contributed by atoms with Gasteiger partial charge in [-0.1, -0.05) is 12.8 Å². The lowest BCUT2D eigenvalue weighted by atomic mass is 9.72. The molecule has 66 valence electrons. The molecule has 2 aliphatic carbocycles. The minimum Gasteiger partial charge on any atom is -0.313 e. The Morgan fingerprint density at radius 3 is 2.17 bits per heavy atom. The quantitative estimate of drug-likeness (QED) is 0.595. The first-order valence-electron chi connectivity index (χ1n) is 4.93. The Morgan fingerprint density at radius 2 is 1.58 bits per heavy atom. The van der Waals surface area contributed by atoms with Crippen molar-refractivity contribution in [3.05, 3.63) is 0 Å². The molecule has 2 saturated carbocycles. The van der Waals surface area contributed by atoms with Crippen molar-refractivity contribution in [1.82, 2.24) is 0 Å². The molecule has 0 bridgehead atoms. The lowest BCUT2D eigenvalue weighted by Gasteiger charge is -2.35. The van der Waals surface area contributed by atoms with Crippen LogP contribution in [-0.2, 0) is 0 Å². The summed E-state index contributed by atoms with van der Waals surface area (Å²) in [6, 6.07) is 2.35. The van der Waals surface area contributed by atoms with Crippen LogP contribution in [0.4, 0.5) is 0 Å². The molecule has 0 saturated heterocycles. The fourth-order valence-electron chi connectivity index (χ4n) is 3.12. The Morgan fingerprint density at radius 1 is 1.00 bits per heavy atom. The zero-order valence-electron chi connectivity index (χ0n) is 7.47. The topological polar surface area (TPSA) is 49.8 Å². The Hall–Kier alpha value is -0.550. The first-order valence-corrected chi connectivity index (χ1v) is 4.93. The van der Waals surface area contributed by atoms with Crippen LogP contribution in [0.25, 0.3) is 0 Å². The van der Waals surface area contributed by atoms with Crippen LogP contribution in [0.3, 0.4) is 0 Å². The molecule has 0 aliphatic heterocycles. The first kappa shape index (κ1) is 8.07. The van der Waals surface area contributed by atoms with E-state index in [9.17, 15) is 0 Å². The van der Waals surface area contributed by atoms with Crippen molar-refractivity contribution >= 4 is 0 Å². The predicted molar refractivity (Wildman–Crippen MR) is 47.3 cm³/mol. The molecule has 1 atom stereocenters. The Balaban J connectivity index is 2.30. The molecule has 12 heavy (non-hydrogen) atoms. The van der Waals surface area contributed by atoms with Crippen LogP contribution in [0.1, 0.15) is 44.9 Å². The van der Waals surface area contributed by atoms with Gasteiger partial charge in [0.1, 0.15) is 5.54 Å². The summed E-state index contributed by atoms with van der Waals surface area (Å²) >= 11 is 0. The molecule has 2 heteroatoms. The summed E-state index contributed by atoms with van der Waals surface area (Å²) in [5.74, 6) is 0. The fourth-order valence-corrected chi connectivity index (χ4v) is 3.12. The number of hydrogen-bond donors (Lipinski definition) is 1. The average Bonchev–Trinajstić information content (AvgIpc) is 2.64. The molecule has 2 N–H and O–H groups in total. The summed E-state index contributed by atoms with van der Waals surface area (Å²) < 4.78 is 0. The highest BCUT2D eigenvalue weighted by molar-refractivity contribution is 5.20. The van der Waals surface area contributed by atoms with E-state index < -0.39 is 5.54 Å². The fraction of sp³-hybridized carbons (Fsp3) is 0.900. The molecule has 0 radical (unpaired) electrons. The second-order valence-corrected chi connectivity index (χ2v) is 4.42. The van der Waals surface area contributed by atoms with E-state index in [4.69, 9.17) is 11.0 Å². The highest BCUT2D eigenvalue weighted by atomic mass is 14.8. The van der Waals surface area contributed by atoms with Crippen molar-refractivity contribution in [2.24, 2.45) is 11.1 Å². The van der Waals surface area contributed by atoms with Gasteiger partial charge in [-0.2, -0.15) is 5.26 Å². The summed E-state index contributed by atoms with van der Waals surface area (Å²) in [4.78, 5) is 0. The van der Waals surface area contributed by atoms with E-state index in [0.29, 0.717) is 0 Å². The third-order valence-corrected chi connectivity index (χ3v) is 3.93. The van der Waals surface area contributed by atoms with Gasteiger partial charge in [0.05, 0.1) is 6.07 Å². The molecule has 2 rings (SSSR count). The van der Waals surface area contributed by atoms with Crippen molar-refractivity contribution in [1.29, 1.82) is 5.26 Å². The molecule has 2 aliphatic rings. The van der Waals surface area contributed by atoms with Crippen LogP contribution in [0.2, 0.25) is 0 Å². The zero-order chi connectivity index (χ0) is 8.66. The van der Waals surface area contributed by atoms with Gasteiger partial charge < -0.3 is 5.73 Å². The van der Waals surface area contributed by atoms with E-state index in [1.165, 1.54) is 32.1 Å². The van der Waals surface area contributed by atoms with E-state index >= 15 is 0 Å². The molecule has 0 aromatic heterocycles. The van der Waals surface area contributed by atoms with Crippen LogP contribution in [0.15, 0.2) is 0 Å². The van der Waals surface area contributed by atoms with Gasteiger partial charge in [0.15, 0.2) is 0 Å². The normalized spacial score (nSPS) is 38.7. The predicted octanol–water partition coefficient (Wildman–Crippen LogP) is 1.95.